The van der Waals surface area contributed by atoms with Gasteiger partial charge in [-0.25, -0.2) is 13.1 Å². The lowest BCUT2D eigenvalue weighted by Crippen LogP contribution is -2.16. The fraction of sp³-hybridized carbons (Fsp3) is 0.136. The number of aromatic nitrogens is 2. The maximum Gasteiger partial charge on any atom is 0.274 e. The van der Waals surface area contributed by atoms with Gasteiger partial charge in [-0.2, -0.15) is 0 Å². The van der Waals surface area contributed by atoms with Crippen molar-refractivity contribution in [1.29, 1.82) is 0 Å². The van der Waals surface area contributed by atoms with Crippen molar-refractivity contribution in [2.75, 3.05) is 6.54 Å². The number of para-hydroxylation sites is 1. The Balaban J connectivity index is 1.83. The van der Waals surface area contributed by atoms with Gasteiger partial charge < -0.3 is 14.3 Å². The lowest BCUT2D eigenvalue weighted by atomic mass is 9.99. The number of thiol groups is 1. The highest BCUT2D eigenvalue weighted by atomic mass is 32.2. The number of rotatable bonds is 7. The van der Waals surface area contributed by atoms with Gasteiger partial charge in [-0.3, -0.25) is 4.79 Å². The highest BCUT2D eigenvalue weighted by molar-refractivity contribution is 7.70. The van der Waals surface area contributed by atoms with Crippen LogP contribution in [0.5, 0.6) is 11.5 Å². The Kier molecular flexibility index (Phi) is 5.69. The van der Waals surface area contributed by atoms with E-state index in [4.69, 9.17) is 4.74 Å². The van der Waals surface area contributed by atoms with Crippen LogP contribution in [-0.2, 0) is 24.4 Å². The third-order valence-electron chi connectivity index (χ3n) is 4.85. The molecule has 0 radical (unpaired) electrons. The predicted octanol–water partition coefficient (Wildman–Crippen LogP) is 2.98. The monoisotopic (exact) mass is 423 g/mol. The van der Waals surface area contributed by atoms with E-state index in [0.717, 1.165) is 22.1 Å². The van der Waals surface area contributed by atoms with E-state index >= 15 is 0 Å². The summed E-state index contributed by atoms with van der Waals surface area (Å²) in [6, 6.07) is 17.1. The van der Waals surface area contributed by atoms with E-state index in [0.29, 0.717) is 30.0 Å². The lowest BCUT2D eigenvalue weighted by Gasteiger charge is -2.15. The topological polar surface area (TPSA) is 93.2 Å². The van der Waals surface area contributed by atoms with Crippen LogP contribution in [0, 0.1) is 0 Å². The summed E-state index contributed by atoms with van der Waals surface area (Å²) in [5, 5.41) is 0.800. The Labute approximate surface area is 175 Å². The van der Waals surface area contributed by atoms with Crippen LogP contribution < -0.4 is 15.0 Å². The molecule has 2 heterocycles. The largest absolute Gasteiger partial charge is 0.457 e. The SMILES string of the molecule is Cn1cc(-c2cc(CCN[SH](=O)=O)ccc2Oc2ccccc2)c2cc[nH]c2c1=O. The minimum atomic E-state index is -2.63. The van der Waals surface area contributed by atoms with E-state index in [9.17, 15) is 13.2 Å². The number of hydrogen-bond acceptors (Lipinski definition) is 4. The number of ether oxygens (including phenoxy) is 1. The Morgan fingerprint density at radius 2 is 1.87 bits per heavy atom. The van der Waals surface area contributed by atoms with Gasteiger partial charge in [-0.15, -0.1) is 0 Å². The Bertz CT molecular complexity index is 1320. The minimum Gasteiger partial charge on any atom is -0.457 e. The molecular formula is C22H21N3O4S. The maximum absolute atomic E-state index is 12.5. The number of nitrogens with zero attached hydrogens (tertiary/aromatic N) is 1. The van der Waals surface area contributed by atoms with Crippen molar-refractivity contribution in [3.63, 3.8) is 0 Å². The van der Waals surface area contributed by atoms with Gasteiger partial charge in [0.2, 0.25) is 10.9 Å². The zero-order valence-corrected chi connectivity index (χ0v) is 17.2. The molecule has 0 unspecified atom stereocenters. The maximum atomic E-state index is 12.5. The number of hydrogen-bond donors (Lipinski definition) is 3. The third-order valence-corrected chi connectivity index (χ3v) is 5.34. The van der Waals surface area contributed by atoms with E-state index in [1.54, 1.807) is 19.4 Å². The summed E-state index contributed by atoms with van der Waals surface area (Å²) >= 11 is 0. The molecule has 2 aromatic carbocycles. The lowest BCUT2D eigenvalue weighted by molar-refractivity contribution is 0.484. The van der Waals surface area contributed by atoms with Gasteiger partial charge in [0, 0.05) is 42.5 Å². The van der Waals surface area contributed by atoms with Crippen molar-refractivity contribution in [3.8, 4) is 22.6 Å². The van der Waals surface area contributed by atoms with Gasteiger partial charge in [0.25, 0.3) is 5.56 Å². The third kappa shape index (κ3) is 4.14. The number of nitrogens with one attached hydrogen (secondary N) is 2. The van der Waals surface area contributed by atoms with Crippen molar-refractivity contribution >= 4 is 21.8 Å². The fourth-order valence-corrected chi connectivity index (χ4v) is 3.72. The molecule has 0 spiro atoms. The zero-order chi connectivity index (χ0) is 21.1. The van der Waals surface area contributed by atoms with E-state index in [1.807, 2.05) is 54.6 Å². The molecule has 0 saturated carbocycles. The van der Waals surface area contributed by atoms with Crippen molar-refractivity contribution in [2.24, 2.45) is 7.05 Å². The second kappa shape index (κ2) is 8.56. The Morgan fingerprint density at radius 1 is 1.07 bits per heavy atom. The standard InChI is InChI=1S/C22H21N3O4S/c1-25-14-19(17-10-11-23-21(17)22(25)26)18-13-15(9-12-24-30(27)28)7-8-20(18)29-16-5-3-2-4-6-16/h2-8,10-11,13-14,23,30H,9,12H2,1H3,(H,24,27,28). The van der Waals surface area contributed by atoms with Crippen LogP contribution in [-0.4, -0.2) is 24.5 Å². The Hall–Kier alpha value is -3.36. The highest BCUT2D eigenvalue weighted by Crippen LogP contribution is 2.37. The van der Waals surface area contributed by atoms with Crippen LogP contribution in [0.25, 0.3) is 22.0 Å². The number of fused-ring (bicyclic) bond motifs is 1. The molecular weight excluding hydrogens is 402 g/mol. The van der Waals surface area contributed by atoms with Gasteiger partial charge in [0.15, 0.2) is 0 Å². The van der Waals surface area contributed by atoms with Crippen LogP contribution in [0.2, 0.25) is 0 Å². The minimum absolute atomic E-state index is 0.108. The molecule has 0 aliphatic rings. The average Bonchev–Trinajstić information content (AvgIpc) is 3.22. The first-order valence-corrected chi connectivity index (χ1v) is 10.6. The Morgan fingerprint density at radius 3 is 2.63 bits per heavy atom. The van der Waals surface area contributed by atoms with E-state index < -0.39 is 10.9 Å². The molecule has 2 aromatic heterocycles. The van der Waals surface area contributed by atoms with Gasteiger partial charge in [0.05, 0.1) is 0 Å². The molecule has 7 nitrogen and oxygen atoms in total. The molecule has 30 heavy (non-hydrogen) atoms. The molecule has 0 atom stereocenters. The number of benzene rings is 2. The molecule has 8 heteroatoms. The molecule has 0 amide bonds. The molecule has 4 aromatic rings. The summed E-state index contributed by atoms with van der Waals surface area (Å²) in [4.78, 5) is 15.5. The van der Waals surface area contributed by atoms with Crippen LogP contribution >= 0.6 is 0 Å². The van der Waals surface area contributed by atoms with Crippen LogP contribution in [0.3, 0.4) is 0 Å². The van der Waals surface area contributed by atoms with Crippen molar-refractivity contribution in [3.05, 3.63) is 82.9 Å². The van der Waals surface area contributed by atoms with Crippen LogP contribution in [0.1, 0.15) is 5.56 Å². The average molecular weight is 423 g/mol. The summed E-state index contributed by atoms with van der Waals surface area (Å²) < 4.78 is 31.7. The number of pyridine rings is 1. The van der Waals surface area contributed by atoms with Gasteiger partial charge >= 0.3 is 0 Å². The number of H-pyrrole nitrogens is 1. The quantitative estimate of drug-likeness (QED) is 0.399. The van der Waals surface area contributed by atoms with E-state index in [2.05, 4.69) is 9.71 Å². The van der Waals surface area contributed by atoms with E-state index in [-0.39, 0.29) is 5.56 Å². The van der Waals surface area contributed by atoms with Crippen molar-refractivity contribution in [1.82, 2.24) is 14.3 Å². The summed E-state index contributed by atoms with van der Waals surface area (Å²) in [5.74, 6) is 1.35. The molecule has 0 aliphatic carbocycles. The second-order valence-electron chi connectivity index (χ2n) is 6.89. The molecule has 2 N–H and O–H groups in total. The first-order chi connectivity index (χ1) is 14.5. The van der Waals surface area contributed by atoms with Gasteiger partial charge in [-0.05, 0) is 42.3 Å². The fourth-order valence-electron chi connectivity index (χ4n) is 3.42. The molecule has 4 rings (SSSR count). The smallest absolute Gasteiger partial charge is 0.274 e. The highest BCUT2D eigenvalue weighted by Gasteiger charge is 2.15. The molecule has 0 aliphatic heterocycles. The molecule has 0 saturated heterocycles. The number of aryl methyl sites for hydroxylation is 1. The zero-order valence-electron chi connectivity index (χ0n) is 16.3. The summed E-state index contributed by atoms with van der Waals surface area (Å²) in [6.07, 6.45) is 4.07. The first-order valence-electron chi connectivity index (χ1n) is 9.44. The van der Waals surface area contributed by atoms with Gasteiger partial charge in [-0.1, -0.05) is 24.3 Å². The number of aromatic amines is 1. The molecule has 0 bridgehead atoms. The predicted molar refractivity (Wildman–Crippen MR) is 118 cm³/mol. The van der Waals surface area contributed by atoms with Gasteiger partial charge in [0.1, 0.15) is 17.0 Å². The van der Waals surface area contributed by atoms with Crippen molar-refractivity contribution in [2.45, 2.75) is 6.42 Å². The summed E-state index contributed by atoms with van der Waals surface area (Å²) in [7, 11) is -0.919. The normalized spacial score (nSPS) is 11.3. The first kappa shape index (κ1) is 19.9. The van der Waals surface area contributed by atoms with Crippen molar-refractivity contribution < 1.29 is 13.2 Å². The molecule has 154 valence electrons. The van der Waals surface area contributed by atoms with Crippen LogP contribution in [0.15, 0.2) is 71.8 Å². The van der Waals surface area contributed by atoms with E-state index in [1.165, 1.54) is 4.57 Å². The summed E-state index contributed by atoms with van der Waals surface area (Å²) in [5.41, 5.74) is 3.04. The summed E-state index contributed by atoms with van der Waals surface area (Å²) in [6.45, 7) is 0.309. The van der Waals surface area contributed by atoms with Crippen LogP contribution in [0.4, 0.5) is 0 Å². The second-order valence-corrected chi connectivity index (χ2v) is 7.72. The molecule has 0 fully saturated rings.